The summed E-state index contributed by atoms with van der Waals surface area (Å²) in [5, 5.41) is 11.6. The van der Waals surface area contributed by atoms with E-state index in [-0.39, 0.29) is 30.9 Å². The van der Waals surface area contributed by atoms with Gasteiger partial charge in [0.05, 0.1) is 13.2 Å². The molecule has 8 heteroatoms. The highest BCUT2D eigenvalue weighted by molar-refractivity contribution is 5.91. The van der Waals surface area contributed by atoms with E-state index < -0.39 is 18.2 Å². The van der Waals surface area contributed by atoms with Crippen LogP contribution in [0.3, 0.4) is 0 Å². The summed E-state index contributed by atoms with van der Waals surface area (Å²) in [4.78, 5) is 27.9. The van der Waals surface area contributed by atoms with Gasteiger partial charge in [-0.3, -0.25) is 9.36 Å². The number of hydrogen-bond donors (Lipinski definition) is 2. The van der Waals surface area contributed by atoms with E-state index in [1.807, 2.05) is 0 Å². The van der Waals surface area contributed by atoms with E-state index in [1.165, 1.54) is 10.8 Å². The van der Waals surface area contributed by atoms with Gasteiger partial charge in [0.25, 0.3) is 0 Å². The van der Waals surface area contributed by atoms with Gasteiger partial charge in [-0.15, -0.1) is 0 Å². The van der Waals surface area contributed by atoms with Crippen LogP contribution in [0, 0.1) is 5.92 Å². The average Bonchev–Trinajstić information content (AvgIpc) is 3.19. The van der Waals surface area contributed by atoms with Crippen LogP contribution in [0.15, 0.2) is 17.1 Å². The molecule has 3 rings (SSSR count). The monoisotopic (exact) mass is 309 g/mol. The molecule has 0 unspecified atom stereocenters. The highest BCUT2D eigenvalue weighted by atomic mass is 16.7. The van der Waals surface area contributed by atoms with Crippen molar-refractivity contribution in [2.24, 2.45) is 5.92 Å². The Morgan fingerprint density at radius 3 is 2.86 bits per heavy atom. The fourth-order valence-corrected chi connectivity index (χ4v) is 2.80. The Kier molecular flexibility index (Phi) is 4.51. The van der Waals surface area contributed by atoms with Crippen LogP contribution in [0.25, 0.3) is 0 Å². The molecule has 1 saturated carbocycles. The van der Waals surface area contributed by atoms with Crippen LogP contribution in [0.5, 0.6) is 0 Å². The molecule has 1 aromatic heterocycles. The third kappa shape index (κ3) is 3.18. The molecule has 0 spiro atoms. The van der Waals surface area contributed by atoms with Gasteiger partial charge in [-0.2, -0.15) is 4.98 Å². The molecule has 0 radical (unpaired) electrons. The maximum atomic E-state index is 12.0. The van der Waals surface area contributed by atoms with Gasteiger partial charge in [0.1, 0.15) is 5.82 Å². The number of aromatic nitrogens is 2. The van der Waals surface area contributed by atoms with Crippen LogP contribution >= 0.6 is 0 Å². The number of aliphatic hydroxyl groups excluding tert-OH is 1. The van der Waals surface area contributed by atoms with Crippen LogP contribution in [-0.4, -0.2) is 40.1 Å². The number of ether oxygens (including phenoxy) is 2. The van der Waals surface area contributed by atoms with Crippen molar-refractivity contribution in [1.82, 2.24) is 9.55 Å². The number of hydrogen-bond acceptors (Lipinski definition) is 6. The predicted octanol–water partition coefficient (Wildman–Crippen LogP) is 0.236. The quantitative estimate of drug-likeness (QED) is 0.825. The summed E-state index contributed by atoms with van der Waals surface area (Å²) in [5.74, 6) is 0.180. The van der Waals surface area contributed by atoms with Gasteiger partial charge < -0.3 is 19.9 Å². The van der Waals surface area contributed by atoms with Gasteiger partial charge in [-0.25, -0.2) is 4.79 Å². The average molecular weight is 309 g/mol. The zero-order chi connectivity index (χ0) is 15.5. The molecule has 1 aliphatic carbocycles. The van der Waals surface area contributed by atoms with Crippen LogP contribution < -0.4 is 11.0 Å². The summed E-state index contributed by atoms with van der Waals surface area (Å²) in [6, 6.07) is 1.56. The van der Waals surface area contributed by atoms with Gasteiger partial charge >= 0.3 is 5.69 Å². The molecular formula is C14H19N3O5. The Morgan fingerprint density at radius 2 is 2.23 bits per heavy atom. The van der Waals surface area contributed by atoms with Crippen LogP contribution in [-0.2, 0) is 14.3 Å². The van der Waals surface area contributed by atoms with Gasteiger partial charge in [0.2, 0.25) is 5.91 Å². The second kappa shape index (κ2) is 6.55. The first kappa shape index (κ1) is 15.1. The molecule has 1 aromatic rings. The van der Waals surface area contributed by atoms with Crippen molar-refractivity contribution in [2.45, 2.75) is 38.2 Å². The lowest BCUT2D eigenvalue weighted by molar-refractivity contribution is -0.119. The number of rotatable bonds is 4. The smallest absolute Gasteiger partial charge is 0.351 e. The molecule has 1 saturated heterocycles. The lowest BCUT2D eigenvalue weighted by atomic mass is 10.1. The lowest BCUT2D eigenvalue weighted by Crippen LogP contribution is -2.30. The minimum atomic E-state index is -0.723. The summed E-state index contributed by atoms with van der Waals surface area (Å²) >= 11 is 0. The summed E-state index contributed by atoms with van der Waals surface area (Å²) in [6.07, 6.45) is 4.08. The summed E-state index contributed by atoms with van der Waals surface area (Å²) in [5.41, 5.74) is -0.531. The minimum absolute atomic E-state index is 0.0149. The largest absolute Gasteiger partial charge is 0.391 e. The summed E-state index contributed by atoms with van der Waals surface area (Å²) in [6.45, 7) is -0.102. The van der Waals surface area contributed by atoms with E-state index in [0.29, 0.717) is 0 Å². The zero-order valence-corrected chi connectivity index (χ0v) is 12.1. The van der Waals surface area contributed by atoms with Gasteiger partial charge in [-0.1, -0.05) is 12.8 Å². The Bertz CT molecular complexity index is 596. The van der Waals surface area contributed by atoms with E-state index in [2.05, 4.69) is 10.3 Å². The molecule has 0 aromatic carbocycles. The van der Waals surface area contributed by atoms with Crippen LogP contribution in [0.2, 0.25) is 0 Å². The molecule has 120 valence electrons. The number of nitrogens with zero attached hydrogens (tertiary/aromatic N) is 2. The third-order valence-corrected chi connectivity index (χ3v) is 4.00. The molecular weight excluding hydrogens is 290 g/mol. The maximum absolute atomic E-state index is 12.0. The first-order chi connectivity index (χ1) is 10.7. The summed E-state index contributed by atoms with van der Waals surface area (Å²) in [7, 11) is 0. The lowest BCUT2D eigenvalue weighted by Gasteiger charge is -2.13. The van der Waals surface area contributed by atoms with E-state index >= 15 is 0 Å². The fraction of sp³-hybridized carbons (Fsp3) is 0.643. The number of aliphatic hydroxyl groups is 1. The Hall–Kier alpha value is -1.77. The maximum Gasteiger partial charge on any atom is 0.351 e. The van der Waals surface area contributed by atoms with Crippen LogP contribution in [0.4, 0.5) is 5.82 Å². The van der Waals surface area contributed by atoms with Crippen molar-refractivity contribution in [2.75, 3.05) is 18.5 Å². The molecule has 2 aliphatic rings. The molecule has 22 heavy (non-hydrogen) atoms. The standard InChI is InChI=1S/C14H19N3O5/c18-7-12-21-8-11(22-12)17-6-5-10(16-14(17)20)15-13(19)9-3-1-2-4-9/h5-6,9,11-12,18H,1-4,7-8H2,(H,15,16,19,20)/t11-,12-/m0/s1. The van der Waals surface area contributed by atoms with Crippen LogP contribution in [0.1, 0.15) is 31.9 Å². The first-order valence-corrected chi connectivity index (χ1v) is 7.45. The van der Waals surface area contributed by atoms with Crippen molar-refractivity contribution in [3.05, 3.63) is 22.7 Å². The van der Waals surface area contributed by atoms with Gasteiger partial charge in [0.15, 0.2) is 12.5 Å². The molecule has 2 heterocycles. The minimum Gasteiger partial charge on any atom is -0.391 e. The van der Waals surface area contributed by atoms with Gasteiger partial charge in [0, 0.05) is 12.1 Å². The Balaban J connectivity index is 1.67. The van der Waals surface area contributed by atoms with E-state index in [1.54, 1.807) is 6.07 Å². The molecule has 0 bridgehead atoms. The van der Waals surface area contributed by atoms with Gasteiger partial charge in [-0.05, 0) is 18.9 Å². The molecule has 2 N–H and O–H groups in total. The highest BCUT2D eigenvalue weighted by Crippen LogP contribution is 2.25. The number of carbonyl (C=O) groups excluding carboxylic acids is 1. The highest BCUT2D eigenvalue weighted by Gasteiger charge is 2.28. The first-order valence-electron chi connectivity index (χ1n) is 7.45. The molecule has 8 nitrogen and oxygen atoms in total. The summed E-state index contributed by atoms with van der Waals surface area (Å²) < 4.78 is 11.8. The number of amides is 1. The Morgan fingerprint density at radius 1 is 1.45 bits per heavy atom. The van der Waals surface area contributed by atoms with Crippen molar-refractivity contribution in [3.63, 3.8) is 0 Å². The number of anilines is 1. The second-order valence-electron chi connectivity index (χ2n) is 5.51. The Labute approximate surface area is 127 Å². The fourth-order valence-electron chi connectivity index (χ4n) is 2.80. The van der Waals surface area contributed by atoms with E-state index in [0.717, 1.165) is 25.7 Å². The molecule has 2 fully saturated rings. The molecule has 1 aliphatic heterocycles. The third-order valence-electron chi connectivity index (χ3n) is 4.00. The molecule has 2 atom stereocenters. The van der Waals surface area contributed by atoms with Crippen molar-refractivity contribution in [1.29, 1.82) is 0 Å². The molecule has 1 amide bonds. The van der Waals surface area contributed by atoms with E-state index in [9.17, 15) is 9.59 Å². The zero-order valence-electron chi connectivity index (χ0n) is 12.1. The number of nitrogens with one attached hydrogen (secondary N) is 1. The SMILES string of the molecule is O=C(Nc1ccn([C@@H]2CO[C@H](CO)O2)c(=O)n1)C1CCCC1. The van der Waals surface area contributed by atoms with Crippen molar-refractivity contribution < 1.29 is 19.4 Å². The van der Waals surface area contributed by atoms with E-state index in [4.69, 9.17) is 14.6 Å². The normalized spacial score (nSPS) is 25.5. The predicted molar refractivity (Wildman–Crippen MR) is 76.0 cm³/mol. The second-order valence-corrected chi connectivity index (χ2v) is 5.51. The van der Waals surface area contributed by atoms with Crippen molar-refractivity contribution >= 4 is 11.7 Å². The van der Waals surface area contributed by atoms with Crippen molar-refractivity contribution in [3.8, 4) is 0 Å². The topological polar surface area (TPSA) is 103 Å². The number of carbonyl (C=O) groups is 1.